The molecule has 2 aromatic heterocycles. The van der Waals surface area contributed by atoms with Crippen molar-refractivity contribution >= 4 is 27.7 Å². The minimum atomic E-state index is -0.120. The average molecular weight is 406 g/mol. The highest BCUT2D eigenvalue weighted by Gasteiger charge is 2.12. The summed E-state index contributed by atoms with van der Waals surface area (Å²) in [6.07, 6.45) is 3.88. The van der Waals surface area contributed by atoms with Crippen LogP contribution >= 0.6 is 0 Å². The Morgan fingerprint density at radius 3 is 2.61 bits per heavy atom. The number of carbonyl (C=O) groups excluding carboxylic acids is 1. The molecule has 0 atom stereocenters. The molecule has 0 aliphatic heterocycles. The quantitative estimate of drug-likeness (QED) is 0.448. The maximum absolute atomic E-state index is 12.3. The lowest BCUT2D eigenvalue weighted by atomic mass is 10.1. The third kappa shape index (κ3) is 4.03. The second kappa shape index (κ2) is 8.40. The first kappa shape index (κ1) is 19.0. The maximum Gasteiger partial charge on any atom is 0.252 e. The van der Waals surface area contributed by atoms with Crippen LogP contribution in [0, 0.1) is 0 Å². The number of carbonyl (C=O) groups is 1. The molecule has 0 spiro atoms. The fourth-order valence-corrected chi connectivity index (χ4v) is 3.90. The summed E-state index contributed by atoms with van der Waals surface area (Å²) in [7, 11) is 0. The van der Waals surface area contributed by atoms with E-state index in [0.29, 0.717) is 18.5 Å². The van der Waals surface area contributed by atoms with Gasteiger partial charge in [0.2, 0.25) is 0 Å². The number of pyridine rings is 1. The Morgan fingerprint density at radius 2 is 1.74 bits per heavy atom. The van der Waals surface area contributed by atoms with Crippen molar-refractivity contribution in [1.82, 2.24) is 19.9 Å². The van der Waals surface area contributed by atoms with E-state index in [4.69, 9.17) is 4.98 Å². The van der Waals surface area contributed by atoms with Crippen molar-refractivity contribution in [2.75, 3.05) is 6.54 Å². The molecule has 1 N–H and O–H groups in total. The van der Waals surface area contributed by atoms with Gasteiger partial charge in [-0.1, -0.05) is 48.5 Å². The zero-order valence-electron chi connectivity index (χ0n) is 17.0. The zero-order chi connectivity index (χ0) is 21.0. The molecule has 0 radical (unpaired) electrons. The van der Waals surface area contributed by atoms with E-state index >= 15 is 0 Å². The predicted molar refractivity (Wildman–Crippen MR) is 123 cm³/mol. The summed E-state index contributed by atoms with van der Waals surface area (Å²) in [6.45, 7) is 1.24. The number of fused-ring (bicyclic) bond motifs is 2. The topological polar surface area (TPSA) is 59.8 Å². The Hall–Kier alpha value is -3.99. The molecule has 0 saturated heterocycles. The third-order valence-corrected chi connectivity index (χ3v) is 5.45. The first-order chi connectivity index (χ1) is 15.3. The van der Waals surface area contributed by atoms with Crippen LogP contribution in [0.3, 0.4) is 0 Å². The number of amides is 1. The lowest BCUT2D eigenvalue weighted by molar-refractivity contribution is 0.0953. The third-order valence-electron chi connectivity index (χ3n) is 5.45. The lowest BCUT2D eigenvalue weighted by Gasteiger charge is -2.11. The van der Waals surface area contributed by atoms with Gasteiger partial charge >= 0.3 is 0 Å². The van der Waals surface area contributed by atoms with Gasteiger partial charge in [0.05, 0.1) is 16.6 Å². The highest BCUT2D eigenvalue weighted by atomic mass is 16.1. The number of nitrogens with one attached hydrogen (secondary N) is 1. The second-order valence-electron chi connectivity index (χ2n) is 7.53. The number of aromatic nitrogens is 3. The molecule has 152 valence electrons. The molecule has 5 nitrogen and oxygen atoms in total. The SMILES string of the molecule is O=C(NCCc1nc2ccccc2n1Cc1ccc2ccccc2c1)c1cccnc1. The van der Waals surface area contributed by atoms with E-state index < -0.39 is 0 Å². The second-order valence-corrected chi connectivity index (χ2v) is 7.53. The summed E-state index contributed by atoms with van der Waals surface area (Å²) >= 11 is 0. The number of nitrogens with zero attached hydrogens (tertiary/aromatic N) is 3. The standard InChI is InChI=1S/C26H22N4O/c31-26(22-8-5-14-27-17-22)28-15-13-25-29-23-9-3-4-10-24(23)30(25)18-19-11-12-20-6-1-2-7-21(20)16-19/h1-12,14,16-17H,13,15,18H2,(H,28,31). The van der Waals surface area contributed by atoms with E-state index in [2.05, 4.69) is 63.4 Å². The van der Waals surface area contributed by atoms with E-state index in [1.54, 1.807) is 24.5 Å². The van der Waals surface area contributed by atoms with Crippen molar-refractivity contribution in [3.63, 3.8) is 0 Å². The molecule has 0 saturated carbocycles. The Labute approximate surface area is 180 Å². The Kier molecular flexibility index (Phi) is 5.15. The summed E-state index contributed by atoms with van der Waals surface area (Å²) in [5.41, 5.74) is 3.86. The first-order valence-corrected chi connectivity index (χ1v) is 10.4. The predicted octanol–water partition coefficient (Wildman–Crippen LogP) is 4.61. The van der Waals surface area contributed by atoms with Crippen molar-refractivity contribution in [2.45, 2.75) is 13.0 Å². The van der Waals surface area contributed by atoms with Gasteiger partial charge in [-0.05, 0) is 46.7 Å². The van der Waals surface area contributed by atoms with Crippen LogP contribution < -0.4 is 5.32 Å². The van der Waals surface area contributed by atoms with Gasteiger partial charge in [-0.2, -0.15) is 0 Å². The molecule has 2 heterocycles. The van der Waals surface area contributed by atoms with Gasteiger partial charge in [0.1, 0.15) is 5.82 Å². The summed E-state index contributed by atoms with van der Waals surface area (Å²) < 4.78 is 2.25. The molecule has 0 aliphatic rings. The normalized spacial score (nSPS) is 11.1. The van der Waals surface area contributed by atoms with Gasteiger partial charge in [0, 0.05) is 31.9 Å². The van der Waals surface area contributed by atoms with Crippen molar-refractivity contribution < 1.29 is 4.79 Å². The molecule has 0 aliphatic carbocycles. The average Bonchev–Trinajstić information content (AvgIpc) is 3.16. The molecule has 0 fully saturated rings. The number of hydrogen-bond acceptors (Lipinski definition) is 3. The molecule has 31 heavy (non-hydrogen) atoms. The number of imidazole rings is 1. The monoisotopic (exact) mass is 406 g/mol. The van der Waals surface area contributed by atoms with Crippen molar-refractivity contribution in [3.05, 3.63) is 108 Å². The van der Waals surface area contributed by atoms with E-state index in [1.807, 2.05) is 18.2 Å². The summed E-state index contributed by atoms with van der Waals surface area (Å²) in [5, 5.41) is 5.44. The lowest BCUT2D eigenvalue weighted by Crippen LogP contribution is -2.26. The molecule has 5 aromatic rings. The number of rotatable bonds is 6. The molecule has 1 amide bonds. The molecular formula is C26H22N4O. The van der Waals surface area contributed by atoms with Gasteiger partial charge < -0.3 is 9.88 Å². The summed E-state index contributed by atoms with van der Waals surface area (Å²) in [5.74, 6) is 0.839. The number of para-hydroxylation sites is 2. The van der Waals surface area contributed by atoms with E-state index in [0.717, 1.165) is 23.4 Å². The summed E-state index contributed by atoms with van der Waals surface area (Å²) in [6, 6.07) is 26.7. The van der Waals surface area contributed by atoms with Crippen molar-refractivity contribution in [3.8, 4) is 0 Å². The van der Waals surface area contributed by atoms with Crippen molar-refractivity contribution in [2.24, 2.45) is 0 Å². The van der Waals surface area contributed by atoms with Crippen LogP contribution in [0.4, 0.5) is 0 Å². The van der Waals surface area contributed by atoms with E-state index in [1.165, 1.54) is 16.3 Å². The smallest absolute Gasteiger partial charge is 0.252 e. The van der Waals surface area contributed by atoms with E-state index in [-0.39, 0.29) is 5.91 Å². The van der Waals surface area contributed by atoms with Crippen LogP contribution in [-0.2, 0) is 13.0 Å². The van der Waals surface area contributed by atoms with Gasteiger partial charge in [0.25, 0.3) is 5.91 Å². The van der Waals surface area contributed by atoms with Gasteiger partial charge in [-0.15, -0.1) is 0 Å². The minimum Gasteiger partial charge on any atom is -0.352 e. The van der Waals surface area contributed by atoms with E-state index in [9.17, 15) is 4.79 Å². The fraction of sp³-hybridized carbons (Fsp3) is 0.115. The molecule has 5 heteroatoms. The first-order valence-electron chi connectivity index (χ1n) is 10.4. The van der Waals surface area contributed by atoms with Gasteiger partial charge in [-0.3, -0.25) is 9.78 Å². The Morgan fingerprint density at radius 1 is 0.903 bits per heavy atom. The number of hydrogen-bond donors (Lipinski definition) is 1. The summed E-state index contributed by atoms with van der Waals surface area (Å²) in [4.78, 5) is 21.2. The molecule has 0 bridgehead atoms. The molecular weight excluding hydrogens is 384 g/mol. The largest absolute Gasteiger partial charge is 0.352 e. The van der Waals surface area contributed by atoms with Crippen LogP contribution in [0.1, 0.15) is 21.7 Å². The van der Waals surface area contributed by atoms with Gasteiger partial charge in [-0.25, -0.2) is 4.98 Å². The highest BCUT2D eigenvalue weighted by Crippen LogP contribution is 2.21. The molecule has 0 unspecified atom stereocenters. The van der Waals surface area contributed by atoms with Gasteiger partial charge in [0.15, 0.2) is 0 Å². The Balaban J connectivity index is 1.39. The molecule has 5 rings (SSSR count). The minimum absolute atomic E-state index is 0.120. The van der Waals surface area contributed by atoms with Crippen LogP contribution in [0.2, 0.25) is 0 Å². The van der Waals surface area contributed by atoms with Crippen LogP contribution in [-0.4, -0.2) is 27.0 Å². The number of benzene rings is 3. The molecule has 3 aromatic carbocycles. The fourth-order valence-electron chi connectivity index (χ4n) is 3.90. The zero-order valence-corrected chi connectivity index (χ0v) is 17.0. The van der Waals surface area contributed by atoms with Crippen LogP contribution in [0.25, 0.3) is 21.8 Å². The van der Waals surface area contributed by atoms with Crippen LogP contribution in [0.15, 0.2) is 91.3 Å². The maximum atomic E-state index is 12.3. The van der Waals surface area contributed by atoms with Crippen molar-refractivity contribution in [1.29, 1.82) is 0 Å². The Bertz CT molecular complexity index is 1360. The van der Waals surface area contributed by atoms with Crippen LogP contribution in [0.5, 0.6) is 0 Å². The highest BCUT2D eigenvalue weighted by molar-refractivity contribution is 5.93.